The van der Waals surface area contributed by atoms with Crippen LogP contribution in [-0.4, -0.2) is 18.6 Å². The molecule has 0 aliphatic carbocycles. The van der Waals surface area contributed by atoms with Crippen molar-refractivity contribution in [3.8, 4) is 0 Å². The van der Waals surface area contributed by atoms with E-state index in [1.165, 1.54) is 15.2 Å². The molecule has 1 aromatic rings. The number of hydrogen-bond acceptors (Lipinski definition) is 0. The molecule has 0 unspecified atom stereocenters. The van der Waals surface area contributed by atoms with Crippen LogP contribution in [0.5, 0.6) is 0 Å². The molecule has 1 heteroatoms. The van der Waals surface area contributed by atoms with Gasteiger partial charge in [0.15, 0.2) is 0 Å². The van der Waals surface area contributed by atoms with Gasteiger partial charge in [-0.2, -0.15) is 0 Å². The van der Waals surface area contributed by atoms with E-state index in [0.717, 1.165) is 0 Å². The minimum absolute atomic E-state index is 1.40. The van der Waals surface area contributed by atoms with E-state index in [9.17, 15) is 0 Å². The molecule has 1 aromatic carbocycles. The van der Waals surface area contributed by atoms with Crippen LogP contribution in [0.25, 0.3) is 0 Å². The van der Waals surface area contributed by atoms with Crippen LogP contribution in [0.15, 0.2) is 18.2 Å². The number of benzene rings is 1. The van der Waals surface area contributed by atoms with Crippen LogP contribution in [0.1, 0.15) is 11.1 Å². The summed E-state index contributed by atoms with van der Waals surface area (Å²) >= 11 is 1.71. The normalized spacial score (nSPS) is 9.56. The Morgan fingerprint density at radius 3 is 2.33 bits per heavy atom. The average Bonchev–Trinajstić information content (AvgIpc) is 1.83. The maximum absolute atomic E-state index is 2.17. The molecule has 0 spiro atoms. The van der Waals surface area contributed by atoms with Crippen molar-refractivity contribution in [1.29, 1.82) is 0 Å². The molecule has 9 heavy (non-hydrogen) atoms. The fourth-order valence-electron chi connectivity index (χ4n) is 0.774. The summed E-state index contributed by atoms with van der Waals surface area (Å²) in [5.74, 6) is 0. The molecule has 0 bridgehead atoms. The molecular formula is C8H9Ga. The number of hydrogen-bond donors (Lipinski definition) is 0. The summed E-state index contributed by atoms with van der Waals surface area (Å²) in [7, 11) is 0. The zero-order chi connectivity index (χ0) is 6.85. The zero-order valence-corrected chi connectivity index (χ0v) is 8.23. The third-order valence-electron chi connectivity index (χ3n) is 1.65. The summed E-state index contributed by atoms with van der Waals surface area (Å²) in [5.41, 5.74) is 2.84. The Bertz CT molecular complexity index is 196. The SMILES string of the molecule is Cc1ccc[c]([Ga])c1C. The first-order valence-electron chi connectivity index (χ1n) is 3.03. The molecule has 0 aliphatic heterocycles. The van der Waals surface area contributed by atoms with Crippen molar-refractivity contribution in [1.82, 2.24) is 0 Å². The van der Waals surface area contributed by atoms with Crippen molar-refractivity contribution >= 4 is 22.7 Å². The topological polar surface area (TPSA) is 0 Å². The molecule has 2 radical (unpaired) electrons. The van der Waals surface area contributed by atoms with Gasteiger partial charge in [0.2, 0.25) is 0 Å². The van der Waals surface area contributed by atoms with Gasteiger partial charge in [-0.15, -0.1) is 0 Å². The van der Waals surface area contributed by atoms with E-state index in [2.05, 4.69) is 32.0 Å². The monoisotopic (exact) mass is 174 g/mol. The predicted molar refractivity (Wildman–Crippen MR) is 41.3 cm³/mol. The Morgan fingerprint density at radius 2 is 1.89 bits per heavy atom. The van der Waals surface area contributed by atoms with Crippen LogP contribution in [0, 0.1) is 13.8 Å². The van der Waals surface area contributed by atoms with Gasteiger partial charge in [0, 0.05) is 0 Å². The molecule has 44 valence electrons. The van der Waals surface area contributed by atoms with Crippen molar-refractivity contribution in [2.45, 2.75) is 13.8 Å². The first kappa shape index (κ1) is 6.97. The second-order valence-electron chi connectivity index (χ2n) is 2.29. The van der Waals surface area contributed by atoms with Gasteiger partial charge in [0.05, 0.1) is 0 Å². The Morgan fingerprint density at radius 1 is 1.22 bits per heavy atom. The van der Waals surface area contributed by atoms with Crippen LogP contribution in [0.4, 0.5) is 0 Å². The number of aryl methyl sites for hydroxylation is 1. The average molecular weight is 175 g/mol. The van der Waals surface area contributed by atoms with E-state index in [0.29, 0.717) is 0 Å². The van der Waals surface area contributed by atoms with Gasteiger partial charge in [-0.3, -0.25) is 0 Å². The Balaban J connectivity index is 3.25. The molecule has 0 N–H and O–H groups in total. The van der Waals surface area contributed by atoms with Crippen LogP contribution < -0.4 is 4.12 Å². The summed E-state index contributed by atoms with van der Waals surface area (Å²) in [6, 6.07) is 6.43. The van der Waals surface area contributed by atoms with Gasteiger partial charge in [-0.05, 0) is 0 Å². The summed E-state index contributed by atoms with van der Waals surface area (Å²) in [6.45, 7) is 4.32. The van der Waals surface area contributed by atoms with Crippen LogP contribution >= 0.6 is 0 Å². The van der Waals surface area contributed by atoms with E-state index in [4.69, 9.17) is 0 Å². The molecular weight excluding hydrogens is 166 g/mol. The Kier molecular flexibility index (Phi) is 2.03. The van der Waals surface area contributed by atoms with E-state index in [1.807, 2.05) is 0 Å². The molecule has 0 aromatic heterocycles. The van der Waals surface area contributed by atoms with Crippen LogP contribution in [0.2, 0.25) is 0 Å². The summed E-state index contributed by atoms with van der Waals surface area (Å²) in [5, 5.41) is 0. The van der Waals surface area contributed by atoms with Crippen molar-refractivity contribution in [2.75, 3.05) is 0 Å². The Labute approximate surface area is 66.2 Å². The third kappa shape index (κ3) is 1.40. The standard InChI is InChI=1S/C8H9.Ga/c1-7-5-3-4-6-8(7)2;/h3-5H,1-2H3;. The molecule has 0 aliphatic rings. The van der Waals surface area contributed by atoms with Gasteiger partial charge in [0.25, 0.3) is 0 Å². The molecule has 0 saturated carbocycles. The van der Waals surface area contributed by atoms with Crippen LogP contribution in [-0.2, 0) is 0 Å². The quantitative estimate of drug-likeness (QED) is 0.517. The molecule has 0 heterocycles. The second kappa shape index (κ2) is 2.63. The van der Waals surface area contributed by atoms with Crippen molar-refractivity contribution < 1.29 is 0 Å². The first-order chi connectivity index (χ1) is 4.22. The summed E-state index contributed by atoms with van der Waals surface area (Å²) in [6.07, 6.45) is 0. The maximum atomic E-state index is 2.17. The summed E-state index contributed by atoms with van der Waals surface area (Å²) < 4.78 is 1.45. The molecule has 0 nitrogen and oxygen atoms in total. The molecule has 0 atom stereocenters. The fraction of sp³-hybridized carbons (Fsp3) is 0.250. The van der Waals surface area contributed by atoms with Gasteiger partial charge in [-0.1, -0.05) is 0 Å². The predicted octanol–water partition coefficient (Wildman–Crippen LogP) is 1.10. The van der Waals surface area contributed by atoms with Crippen molar-refractivity contribution in [3.63, 3.8) is 0 Å². The molecule has 0 amide bonds. The van der Waals surface area contributed by atoms with Crippen molar-refractivity contribution in [3.05, 3.63) is 29.3 Å². The fourth-order valence-corrected chi connectivity index (χ4v) is 1.48. The molecule has 0 saturated heterocycles. The molecule has 1 rings (SSSR count). The van der Waals surface area contributed by atoms with Gasteiger partial charge < -0.3 is 0 Å². The van der Waals surface area contributed by atoms with Gasteiger partial charge >= 0.3 is 65.9 Å². The van der Waals surface area contributed by atoms with E-state index in [-0.39, 0.29) is 0 Å². The first-order valence-corrected chi connectivity index (χ1v) is 4.24. The Hall–Kier alpha value is -0.144. The van der Waals surface area contributed by atoms with E-state index >= 15 is 0 Å². The number of rotatable bonds is 0. The zero-order valence-electron chi connectivity index (χ0n) is 5.81. The van der Waals surface area contributed by atoms with E-state index in [1.54, 1.807) is 18.6 Å². The van der Waals surface area contributed by atoms with E-state index < -0.39 is 0 Å². The molecule has 0 fully saturated rings. The van der Waals surface area contributed by atoms with Crippen LogP contribution in [0.3, 0.4) is 0 Å². The third-order valence-corrected chi connectivity index (χ3v) is 2.96. The van der Waals surface area contributed by atoms with Gasteiger partial charge in [-0.25, -0.2) is 0 Å². The minimum atomic E-state index is 1.40. The second-order valence-corrected chi connectivity index (χ2v) is 3.59. The summed E-state index contributed by atoms with van der Waals surface area (Å²) in [4.78, 5) is 0. The van der Waals surface area contributed by atoms with Crippen molar-refractivity contribution in [2.24, 2.45) is 0 Å². The van der Waals surface area contributed by atoms with Gasteiger partial charge in [0.1, 0.15) is 0 Å².